The molecule has 1 fully saturated rings. The SMILES string of the molecule is [2H]C([2H])([2H])c1c[n+](C)c(-c2c(C)ccc3c2oc2c(C4([2H])CCC(C)(C)CC4)nc(C(F)(F)F)n23)cc1C([2H])([2H])C(C)(C)C. The van der Waals surface area contributed by atoms with Gasteiger partial charge in [0.05, 0.1) is 11.1 Å². The minimum absolute atomic E-state index is 0.0269. The van der Waals surface area contributed by atoms with Gasteiger partial charge in [-0.2, -0.15) is 13.2 Å². The number of hydrogen-bond acceptors (Lipinski definition) is 2. The topological polar surface area (TPSA) is 34.3 Å². The smallest absolute Gasteiger partial charge is 0.435 e. The average Bonchev–Trinajstić information content (AvgIpc) is 3.42. The zero-order valence-electron chi connectivity index (χ0n) is 29.0. The molecule has 1 aliphatic carbocycles. The van der Waals surface area contributed by atoms with Gasteiger partial charge < -0.3 is 4.42 Å². The number of oxazole rings is 1. The normalized spacial score (nSPS) is 21.0. The van der Waals surface area contributed by atoms with E-state index in [4.69, 9.17) is 11.3 Å². The summed E-state index contributed by atoms with van der Waals surface area (Å²) in [7, 11) is 1.62. The molecule has 0 atom stereocenters. The maximum absolute atomic E-state index is 14.5. The van der Waals surface area contributed by atoms with Gasteiger partial charge in [0.1, 0.15) is 12.7 Å². The summed E-state index contributed by atoms with van der Waals surface area (Å²) in [6.45, 7) is 8.36. The molecule has 5 rings (SSSR count). The van der Waals surface area contributed by atoms with Crippen LogP contribution in [0.15, 0.2) is 28.8 Å². The van der Waals surface area contributed by atoms with Gasteiger partial charge in [-0.25, -0.2) is 9.55 Å². The Kier molecular flexibility index (Phi) is 4.69. The van der Waals surface area contributed by atoms with E-state index in [1.54, 1.807) is 45.4 Å². The molecule has 0 bridgehead atoms. The van der Waals surface area contributed by atoms with Gasteiger partial charge in [0, 0.05) is 25.7 Å². The first-order chi connectivity index (χ1) is 19.9. The van der Waals surface area contributed by atoms with E-state index >= 15 is 0 Å². The molecule has 38 heavy (non-hydrogen) atoms. The van der Waals surface area contributed by atoms with E-state index in [0.29, 0.717) is 42.5 Å². The van der Waals surface area contributed by atoms with E-state index in [1.807, 2.05) is 0 Å². The molecule has 0 radical (unpaired) electrons. The van der Waals surface area contributed by atoms with Crippen molar-refractivity contribution in [1.29, 1.82) is 0 Å². The third kappa shape index (κ3) is 4.73. The molecule has 1 aliphatic rings. The molecule has 0 spiro atoms. The number of aryl methyl sites for hydroxylation is 3. The number of nitrogens with zero attached hydrogens (tertiary/aromatic N) is 3. The van der Waals surface area contributed by atoms with E-state index in [9.17, 15) is 14.5 Å². The van der Waals surface area contributed by atoms with Crippen LogP contribution in [-0.2, 0) is 19.6 Å². The number of alkyl halides is 3. The summed E-state index contributed by atoms with van der Waals surface area (Å²) in [6, 6.07) is 4.66. The molecule has 0 unspecified atom stereocenters. The van der Waals surface area contributed by atoms with Crippen molar-refractivity contribution in [3.63, 3.8) is 0 Å². The van der Waals surface area contributed by atoms with E-state index in [2.05, 4.69) is 18.8 Å². The summed E-state index contributed by atoms with van der Waals surface area (Å²) in [5.74, 6) is -2.53. The van der Waals surface area contributed by atoms with Crippen molar-refractivity contribution in [3.8, 4) is 11.3 Å². The van der Waals surface area contributed by atoms with E-state index in [1.165, 1.54) is 18.3 Å². The fraction of sp³-hybridized carbons (Fsp3) is 0.548. The molecule has 4 aromatic rings. The van der Waals surface area contributed by atoms with Gasteiger partial charge in [-0.15, -0.1) is 0 Å². The zero-order chi connectivity index (χ0) is 33.0. The molecule has 0 aliphatic heterocycles. The predicted octanol–water partition coefficient (Wildman–Crippen LogP) is 8.48. The lowest BCUT2D eigenvalue weighted by Crippen LogP contribution is -2.32. The highest BCUT2D eigenvalue weighted by Gasteiger charge is 2.41. The molecule has 0 amide bonds. The van der Waals surface area contributed by atoms with Crippen molar-refractivity contribution in [2.24, 2.45) is 17.9 Å². The standard InChI is InChI=1S/C31H39F3N3O/c1-18-9-10-22-26(24(18)23-15-21(16-29(3,4)5)19(2)17-36(23)8)38-27-25(20-11-13-30(6,7)14-12-20)35-28(37(22)27)31(32,33)34/h9-10,15,17,20H,11-14,16H2,1-8H3/q+1/i2D3,16D2,20D. The molecule has 1 saturated carbocycles. The molecule has 1 aromatic carbocycles. The molecule has 3 aromatic heterocycles. The number of aromatic nitrogens is 3. The lowest BCUT2D eigenvalue weighted by Gasteiger charge is -2.33. The molecule has 3 heterocycles. The Morgan fingerprint density at radius 1 is 1.21 bits per heavy atom. The highest BCUT2D eigenvalue weighted by Crippen LogP contribution is 2.46. The minimum atomic E-state index is -4.82. The van der Waals surface area contributed by atoms with Gasteiger partial charge in [-0.05, 0) is 73.9 Å². The van der Waals surface area contributed by atoms with Gasteiger partial charge in [-0.3, -0.25) is 4.40 Å². The van der Waals surface area contributed by atoms with E-state index in [-0.39, 0.29) is 39.0 Å². The fourth-order valence-electron chi connectivity index (χ4n) is 5.38. The van der Waals surface area contributed by atoms with Crippen LogP contribution < -0.4 is 4.57 Å². The third-order valence-electron chi connectivity index (χ3n) is 7.46. The second-order valence-electron chi connectivity index (χ2n) is 12.4. The van der Waals surface area contributed by atoms with Crippen LogP contribution >= 0.6 is 0 Å². The zero-order valence-corrected chi connectivity index (χ0v) is 23.0. The highest BCUT2D eigenvalue weighted by atomic mass is 19.4. The number of imidazole rings is 1. The van der Waals surface area contributed by atoms with Gasteiger partial charge in [-0.1, -0.05) is 40.7 Å². The van der Waals surface area contributed by atoms with E-state index < -0.39 is 36.5 Å². The summed E-state index contributed by atoms with van der Waals surface area (Å²) in [6.07, 6.45) is -3.54. The predicted molar refractivity (Wildman–Crippen MR) is 144 cm³/mol. The van der Waals surface area contributed by atoms with Gasteiger partial charge in [0.2, 0.25) is 17.2 Å². The minimum Gasteiger partial charge on any atom is -0.435 e. The Morgan fingerprint density at radius 2 is 1.89 bits per heavy atom. The molecule has 7 heteroatoms. The van der Waals surface area contributed by atoms with Crippen LogP contribution in [0.25, 0.3) is 28.1 Å². The molecule has 0 saturated heterocycles. The van der Waals surface area contributed by atoms with Crippen LogP contribution in [0.3, 0.4) is 0 Å². The van der Waals surface area contributed by atoms with Gasteiger partial charge >= 0.3 is 6.18 Å². The van der Waals surface area contributed by atoms with Crippen LogP contribution in [0.4, 0.5) is 13.2 Å². The number of benzene rings is 1. The molecule has 4 nitrogen and oxygen atoms in total. The van der Waals surface area contributed by atoms with E-state index in [0.717, 1.165) is 4.40 Å². The third-order valence-corrected chi connectivity index (χ3v) is 7.46. The van der Waals surface area contributed by atoms with Crippen LogP contribution in [0.5, 0.6) is 0 Å². The summed E-state index contributed by atoms with van der Waals surface area (Å²) in [5.41, 5.74) is 0.268. The molecule has 0 N–H and O–H groups in total. The lowest BCUT2D eigenvalue weighted by atomic mass is 9.72. The Balaban J connectivity index is 1.85. The van der Waals surface area contributed by atoms with Gasteiger partial charge in [0.25, 0.3) is 0 Å². The molecular weight excluding hydrogens is 487 g/mol. The van der Waals surface area contributed by atoms with Crippen LogP contribution in [-0.4, -0.2) is 9.38 Å². The second kappa shape index (κ2) is 8.85. The first kappa shape index (κ1) is 20.1. The number of fused-ring (bicyclic) bond motifs is 3. The molecule has 204 valence electrons. The Labute approximate surface area is 231 Å². The summed E-state index contributed by atoms with van der Waals surface area (Å²) >= 11 is 0. The summed E-state index contributed by atoms with van der Waals surface area (Å²) in [4.78, 5) is 4.01. The van der Waals surface area contributed by atoms with Crippen molar-refractivity contribution in [3.05, 3.63) is 52.6 Å². The first-order valence-corrected chi connectivity index (χ1v) is 13.0. The Hall–Kier alpha value is -2.83. The number of hydrogen-bond donors (Lipinski definition) is 0. The average molecular weight is 533 g/mol. The number of halogens is 3. The summed E-state index contributed by atoms with van der Waals surface area (Å²) in [5, 5.41) is 0. The lowest BCUT2D eigenvalue weighted by molar-refractivity contribution is -0.660. The monoisotopic (exact) mass is 532 g/mol. The highest BCUT2D eigenvalue weighted by molar-refractivity contribution is 5.93. The van der Waals surface area contributed by atoms with Crippen LogP contribution in [0.2, 0.25) is 0 Å². The fourth-order valence-corrected chi connectivity index (χ4v) is 5.38. The summed E-state index contributed by atoms with van der Waals surface area (Å²) < 4.78 is 104. The largest absolute Gasteiger partial charge is 0.450 e. The Bertz CT molecular complexity index is 1770. The quantitative estimate of drug-likeness (QED) is 0.248. The second-order valence-corrected chi connectivity index (χ2v) is 12.4. The van der Waals surface area contributed by atoms with Crippen molar-refractivity contribution < 1.29 is 30.4 Å². The maximum atomic E-state index is 14.5. The van der Waals surface area contributed by atoms with Gasteiger partial charge in [0.15, 0.2) is 11.8 Å². The van der Waals surface area contributed by atoms with Crippen molar-refractivity contribution in [2.45, 2.75) is 92.5 Å². The van der Waals surface area contributed by atoms with Crippen LogP contribution in [0.1, 0.15) is 103 Å². The molecular formula is C31H39F3N3O+. The number of rotatable bonds is 3. The Morgan fingerprint density at radius 3 is 2.50 bits per heavy atom. The van der Waals surface area contributed by atoms with Crippen LogP contribution in [0, 0.1) is 24.6 Å². The van der Waals surface area contributed by atoms with Crippen molar-refractivity contribution >= 4 is 16.8 Å². The van der Waals surface area contributed by atoms with Crippen molar-refractivity contribution in [2.75, 3.05) is 0 Å². The van der Waals surface area contributed by atoms with Crippen molar-refractivity contribution in [1.82, 2.24) is 9.38 Å². The first-order valence-electron chi connectivity index (χ1n) is 16.0. The number of pyridine rings is 1. The maximum Gasteiger partial charge on any atom is 0.450 e.